The van der Waals surface area contributed by atoms with E-state index >= 15 is 0 Å². The molecule has 0 fully saturated rings. The number of pyridine rings is 1. The van der Waals surface area contributed by atoms with Gasteiger partial charge in [0.05, 0.1) is 11.7 Å². The highest BCUT2D eigenvalue weighted by atomic mass is 32.1. The van der Waals surface area contributed by atoms with Crippen LogP contribution in [0.15, 0.2) is 30.5 Å². The quantitative estimate of drug-likeness (QED) is 0.800. The highest BCUT2D eigenvalue weighted by molar-refractivity contribution is 7.00. The van der Waals surface area contributed by atoms with Gasteiger partial charge in [0.1, 0.15) is 16.7 Å². The normalized spacial score (nSPS) is 11.2. The second kappa shape index (κ2) is 5.21. The first-order valence-corrected chi connectivity index (χ1v) is 7.26. The summed E-state index contributed by atoms with van der Waals surface area (Å²) in [6, 6.07) is 7.35. The summed E-state index contributed by atoms with van der Waals surface area (Å²) in [5.41, 5.74) is 4.55. The second-order valence-electron chi connectivity index (χ2n) is 5.05. The number of hydrogen-bond donors (Lipinski definition) is 1. The van der Waals surface area contributed by atoms with Crippen molar-refractivity contribution in [1.82, 2.24) is 13.7 Å². The van der Waals surface area contributed by atoms with Crippen molar-refractivity contribution < 1.29 is 9.90 Å². The molecule has 0 bridgehead atoms. The van der Waals surface area contributed by atoms with Crippen molar-refractivity contribution in [3.63, 3.8) is 0 Å². The Kier molecular flexibility index (Phi) is 3.39. The Morgan fingerprint density at radius 1 is 1.19 bits per heavy atom. The molecule has 0 spiro atoms. The van der Waals surface area contributed by atoms with Crippen molar-refractivity contribution in [3.05, 3.63) is 41.7 Å². The van der Waals surface area contributed by atoms with Gasteiger partial charge in [-0.25, -0.2) is 9.78 Å². The van der Waals surface area contributed by atoms with Gasteiger partial charge in [0.2, 0.25) is 0 Å². The van der Waals surface area contributed by atoms with Crippen LogP contribution >= 0.6 is 11.7 Å². The van der Waals surface area contributed by atoms with Crippen LogP contribution in [0.1, 0.15) is 35.8 Å². The van der Waals surface area contributed by atoms with Crippen LogP contribution in [0.2, 0.25) is 0 Å². The van der Waals surface area contributed by atoms with Crippen molar-refractivity contribution in [2.24, 2.45) is 0 Å². The van der Waals surface area contributed by atoms with Gasteiger partial charge in [0, 0.05) is 11.8 Å². The number of fused-ring (bicyclic) bond motifs is 1. The molecule has 2 heterocycles. The average Bonchev–Trinajstić information content (AvgIpc) is 2.95. The van der Waals surface area contributed by atoms with E-state index in [1.165, 1.54) is 17.9 Å². The smallest absolute Gasteiger partial charge is 0.354 e. The molecule has 106 valence electrons. The molecule has 5 nitrogen and oxygen atoms in total. The molecule has 0 aliphatic heterocycles. The van der Waals surface area contributed by atoms with Gasteiger partial charge in [-0.3, -0.25) is 0 Å². The number of carboxylic acids is 1. The topological polar surface area (TPSA) is 76.0 Å². The summed E-state index contributed by atoms with van der Waals surface area (Å²) in [6.45, 7) is 4.23. The largest absolute Gasteiger partial charge is 0.477 e. The Balaban J connectivity index is 2.22. The first-order valence-electron chi connectivity index (χ1n) is 6.53. The number of aromatic nitrogens is 3. The Morgan fingerprint density at radius 2 is 1.95 bits per heavy atom. The van der Waals surface area contributed by atoms with Crippen molar-refractivity contribution in [3.8, 4) is 11.1 Å². The lowest BCUT2D eigenvalue weighted by Crippen LogP contribution is -2.00. The summed E-state index contributed by atoms with van der Waals surface area (Å²) in [7, 11) is 0. The Morgan fingerprint density at radius 3 is 2.67 bits per heavy atom. The Labute approximate surface area is 125 Å². The van der Waals surface area contributed by atoms with Crippen LogP contribution in [-0.4, -0.2) is 24.8 Å². The van der Waals surface area contributed by atoms with E-state index in [1.54, 1.807) is 12.1 Å². The Hall–Kier alpha value is -2.34. The van der Waals surface area contributed by atoms with Gasteiger partial charge in [-0.05, 0) is 29.2 Å². The predicted octanol–water partition coefficient (Wildman–Crippen LogP) is 3.57. The van der Waals surface area contributed by atoms with E-state index in [1.807, 2.05) is 12.1 Å². The van der Waals surface area contributed by atoms with Gasteiger partial charge < -0.3 is 5.11 Å². The molecule has 0 atom stereocenters. The molecule has 0 saturated carbocycles. The number of carbonyl (C=O) groups is 1. The van der Waals surface area contributed by atoms with Crippen LogP contribution in [0.4, 0.5) is 0 Å². The van der Waals surface area contributed by atoms with Crippen LogP contribution in [0.5, 0.6) is 0 Å². The van der Waals surface area contributed by atoms with Gasteiger partial charge >= 0.3 is 5.97 Å². The van der Waals surface area contributed by atoms with Crippen LogP contribution in [-0.2, 0) is 0 Å². The van der Waals surface area contributed by atoms with Crippen LogP contribution in [0.25, 0.3) is 22.2 Å². The molecular formula is C15H13N3O2S. The van der Waals surface area contributed by atoms with E-state index in [0.29, 0.717) is 5.92 Å². The van der Waals surface area contributed by atoms with E-state index < -0.39 is 5.97 Å². The van der Waals surface area contributed by atoms with E-state index in [0.717, 1.165) is 27.7 Å². The fourth-order valence-electron chi connectivity index (χ4n) is 2.30. The van der Waals surface area contributed by atoms with Crippen molar-refractivity contribution >= 4 is 28.7 Å². The maximum Gasteiger partial charge on any atom is 0.354 e. The van der Waals surface area contributed by atoms with Crippen molar-refractivity contribution in [2.75, 3.05) is 0 Å². The minimum Gasteiger partial charge on any atom is -0.477 e. The third-order valence-electron chi connectivity index (χ3n) is 3.36. The van der Waals surface area contributed by atoms with Gasteiger partial charge in [0.15, 0.2) is 0 Å². The van der Waals surface area contributed by atoms with Crippen LogP contribution < -0.4 is 0 Å². The van der Waals surface area contributed by atoms with Gasteiger partial charge in [-0.1, -0.05) is 26.0 Å². The lowest BCUT2D eigenvalue weighted by atomic mass is 9.96. The third-order valence-corrected chi connectivity index (χ3v) is 3.89. The summed E-state index contributed by atoms with van der Waals surface area (Å²) in [5.74, 6) is -0.680. The average molecular weight is 299 g/mol. The Bertz CT molecular complexity index is 827. The molecule has 3 aromatic rings. The maximum absolute atomic E-state index is 11.1. The van der Waals surface area contributed by atoms with E-state index in [-0.39, 0.29) is 5.69 Å². The fraction of sp³-hybridized carbons (Fsp3) is 0.200. The predicted molar refractivity (Wildman–Crippen MR) is 81.7 cm³/mol. The summed E-state index contributed by atoms with van der Waals surface area (Å²) in [5, 5.41) is 9.06. The number of rotatable bonds is 3. The first-order chi connectivity index (χ1) is 10.1. The summed E-state index contributed by atoms with van der Waals surface area (Å²) >= 11 is 1.17. The highest BCUT2D eigenvalue weighted by Gasteiger charge is 2.15. The molecule has 1 N–H and O–H groups in total. The maximum atomic E-state index is 11.1. The fourth-order valence-corrected chi connectivity index (χ4v) is 2.88. The van der Waals surface area contributed by atoms with Crippen molar-refractivity contribution in [1.29, 1.82) is 0 Å². The molecule has 2 aromatic heterocycles. The first kappa shape index (κ1) is 13.6. The molecule has 0 amide bonds. The third kappa shape index (κ3) is 2.38. The van der Waals surface area contributed by atoms with E-state index in [2.05, 4.69) is 27.6 Å². The SMILES string of the molecule is CC(C)c1ccc(-c2ccnc(C(=O)O)c2)c2nsnc12. The minimum absolute atomic E-state index is 0.0248. The molecule has 0 aliphatic rings. The lowest BCUT2D eigenvalue weighted by molar-refractivity contribution is 0.0690. The number of hydrogen-bond acceptors (Lipinski definition) is 5. The van der Waals surface area contributed by atoms with Gasteiger partial charge in [0.25, 0.3) is 0 Å². The summed E-state index contributed by atoms with van der Waals surface area (Å²) in [4.78, 5) is 14.9. The molecular weight excluding hydrogens is 286 g/mol. The zero-order valence-corrected chi connectivity index (χ0v) is 12.4. The van der Waals surface area contributed by atoms with E-state index in [4.69, 9.17) is 5.11 Å². The zero-order valence-electron chi connectivity index (χ0n) is 11.6. The van der Waals surface area contributed by atoms with Crippen molar-refractivity contribution in [2.45, 2.75) is 19.8 Å². The molecule has 6 heteroatoms. The standard InChI is InChI=1S/C15H13N3O2S/c1-8(2)10-3-4-11(14-13(10)17-21-18-14)9-5-6-16-12(7-9)15(19)20/h3-8H,1-2H3,(H,19,20). The van der Waals surface area contributed by atoms with Gasteiger partial charge in [-0.2, -0.15) is 8.75 Å². The molecule has 1 aromatic carbocycles. The summed E-state index contributed by atoms with van der Waals surface area (Å²) < 4.78 is 8.76. The van der Waals surface area contributed by atoms with Crippen LogP contribution in [0.3, 0.4) is 0 Å². The number of benzene rings is 1. The zero-order chi connectivity index (χ0) is 15.0. The molecule has 0 aliphatic carbocycles. The number of nitrogens with zero attached hydrogens (tertiary/aromatic N) is 3. The molecule has 21 heavy (non-hydrogen) atoms. The second-order valence-corrected chi connectivity index (χ2v) is 5.58. The van der Waals surface area contributed by atoms with E-state index in [9.17, 15) is 4.79 Å². The minimum atomic E-state index is -1.04. The molecule has 0 saturated heterocycles. The van der Waals surface area contributed by atoms with Crippen LogP contribution in [0, 0.1) is 0 Å². The lowest BCUT2D eigenvalue weighted by Gasteiger charge is -2.09. The highest BCUT2D eigenvalue weighted by Crippen LogP contribution is 2.32. The number of aromatic carboxylic acids is 1. The van der Waals surface area contributed by atoms with Gasteiger partial charge in [-0.15, -0.1) is 0 Å². The molecule has 3 rings (SSSR count). The number of carboxylic acid groups (broad SMARTS) is 1. The molecule has 0 unspecified atom stereocenters. The molecule has 0 radical (unpaired) electrons. The monoisotopic (exact) mass is 299 g/mol. The summed E-state index contributed by atoms with van der Waals surface area (Å²) in [6.07, 6.45) is 1.50.